The largest absolute Gasteiger partial charge is 0.573 e. The number of hydrogen-bond acceptors (Lipinski definition) is 4. The molecule has 146 valence electrons. The van der Waals surface area contributed by atoms with Crippen molar-refractivity contribution in [2.45, 2.75) is 32.3 Å². The smallest absolute Gasteiger partial charge is 0.406 e. The Labute approximate surface area is 154 Å². The second kappa shape index (κ2) is 8.22. The second-order valence-corrected chi connectivity index (χ2v) is 6.58. The summed E-state index contributed by atoms with van der Waals surface area (Å²) in [5.41, 5.74) is 1.14. The molecule has 1 aliphatic rings. The van der Waals surface area contributed by atoms with Gasteiger partial charge in [0.05, 0.1) is 6.17 Å². The van der Waals surface area contributed by atoms with Crippen LogP contribution in [0.25, 0.3) is 11.3 Å². The summed E-state index contributed by atoms with van der Waals surface area (Å²) in [5, 5.41) is 6.69. The minimum absolute atomic E-state index is 0.0805. The summed E-state index contributed by atoms with van der Waals surface area (Å²) >= 11 is 0. The van der Waals surface area contributed by atoms with Crippen LogP contribution in [0.3, 0.4) is 0 Å². The van der Waals surface area contributed by atoms with Crippen molar-refractivity contribution in [2.24, 2.45) is 5.92 Å². The van der Waals surface area contributed by atoms with Crippen molar-refractivity contribution in [2.75, 3.05) is 13.1 Å². The van der Waals surface area contributed by atoms with Gasteiger partial charge in [0.1, 0.15) is 17.3 Å². The van der Waals surface area contributed by atoms with Crippen LogP contribution in [0.5, 0.6) is 5.75 Å². The van der Waals surface area contributed by atoms with E-state index in [0.717, 1.165) is 38.1 Å². The minimum atomic E-state index is -4.76. The number of rotatable bonds is 5. The first-order valence-electron chi connectivity index (χ1n) is 8.84. The van der Waals surface area contributed by atoms with E-state index >= 15 is 0 Å². The zero-order chi connectivity index (χ0) is 19.4. The third kappa shape index (κ3) is 5.17. The van der Waals surface area contributed by atoms with Crippen LogP contribution in [-0.2, 0) is 0 Å². The zero-order valence-corrected chi connectivity index (χ0v) is 14.8. The van der Waals surface area contributed by atoms with Gasteiger partial charge in [0.15, 0.2) is 0 Å². The Morgan fingerprint density at radius 2 is 1.81 bits per heavy atom. The van der Waals surface area contributed by atoms with Crippen molar-refractivity contribution in [1.82, 2.24) is 15.6 Å². The molecule has 1 fully saturated rings. The van der Waals surface area contributed by atoms with Crippen LogP contribution in [0, 0.1) is 11.7 Å². The number of hydrogen-bond donors (Lipinski definition) is 2. The summed E-state index contributed by atoms with van der Waals surface area (Å²) < 4.78 is 55.0. The number of ether oxygens (including phenoxy) is 1. The molecule has 1 aromatic heterocycles. The van der Waals surface area contributed by atoms with E-state index in [0.29, 0.717) is 17.0 Å². The van der Waals surface area contributed by atoms with Crippen LogP contribution in [0.2, 0.25) is 0 Å². The third-order valence-electron chi connectivity index (χ3n) is 4.48. The molecule has 0 saturated carbocycles. The second-order valence-electron chi connectivity index (χ2n) is 6.58. The number of nitrogens with zero attached hydrogens (tertiary/aromatic N) is 1. The Kier molecular flexibility index (Phi) is 5.96. The Hall–Kier alpha value is -2.19. The highest BCUT2D eigenvalue weighted by Crippen LogP contribution is 2.28. The highest BCUT2D eigenvalue weighted by molar-refractivity contribution is 5.61. The fourth-order valence-corrected chi connectivity index (χ4v) is 3.20. The summed E-state index contributed by atoms with van der Waals surface area (Å²) in [6.45, 7) is 3.86. The number of benzene rings is 1. The molecule has 1 saturated heterocycles. The Balaban J connectivity index is 1.70. The molecule has 1 aliphatic heterocycles. The number of pyridine rings is 1. The van der Waals surface area contributed by atoms with Crippen LogP contribution in [-0.4, -0.2) is 24.4 Å². The Morgan fingerprint density at radius 1 is 1.15 bits per heavy atom. The molecular formula is C19H21F4N3O. The topological polar surface area (TPSA) is 46.2 Å². The summed E-state index contributed by atoms with van der Waals surface area (Å²) in [7, 11) is 0. The molecule has 0 amide bonds. The summed E-state index contributed by atoms with van der Waals surface area (Å²) in [5.74, 6) is -0.336. The molecular weight excluding hydrogens is 362 g/mol. The van der Waals surface area contributed by atoms with E-state index < -0.39 is 12.2 Å². The molecule has 2 N–H and O–H groups in total. The lowest BCUT2D eigenvalue weighted by atomic mass is 10.00. The van der Waals surface area contributed by atoms with Crippen LogP contribution in [0.4, 0.5) is 17.6 Å². The van der Waals surface area contributed by atoms with E-state index in [1.54, 1.807) is 6.20 Å². The molecule has 1 aromatic carbocycles. The molecule has 0 unspecified atom stereocenters. The van der Waals surface area contributed by atoms with Gasteiger partial charge in [0.25, 0.3) is 0 Å². The highest BCUT2D eigenvalue weighted by atomic mass is 19.4. The first-order valence-corrected chi connectivity index (χ1v) is 8.84. The molecule has 4 nitrogen and oxygen atoms in total. The van der Waals surface area contributed by atoms with E-state index in [2.05, 4.69) is 27.3 Å². The van der Waals surface area contributed by atoms with Gasteiger partial charge < -0.3 is 4.74 Å². The monoisotopic (exact) mass is 383 g/mol. The maximum Gasteiger partial charge on any atom is 0.573 e. The molecule has 2 heterocycles. The lowest BCUT2D eigenvalue weighted by molar-refractivity contribution is -0.274. The molecule has 8 heteroatoms. The first kappa shape index (κ1) is 19.6. The minimum Gasteiger partial charge on any atom is -0.406 e. The molecule has 27 heavy (non-hydrogen) atoms. The van der Waals surface area contributed by atoms with Crippen LogP contribution < -0.4 is 15.4 Å². The first-order chi connectivity index (χ1) is 12.9. The van der Waals surface area contributed by atoms with Crippen molar-refractivity contribution >= 4 is 0 Å². The van der Waals surface area contributed by atoms with E-state index in [9.17, 15) is 17.6 Å². The summed E-state index contributed by atoms with van der Waals surface area (Å²) in [6, 6.07) is 6.36. The van der Waals surface area contributed by atoms with Crippen LogP contribution in [0.1, 0.15) is 31.5 Å². The van der Waals surface area contributed by atoms with Gasteiger partial charge in [0.2, 0.25) is 0 Å². The molecule has 0 radical (unpaired) electrons. The zero-order valence-electron chi connectivity index (χ0n) is 14.8. The maximum absolute atomic E-state index is 14.5. The SMILES string of the molecule is CCCC1CNC(c2cnc(-c3ccc(OC(F)(F)F)cc3)c(F)c2)NC1. The highest BCUT2D eigenvalue weighted by Gasteiger charge is 2.31. The standard InChI is InChI=1S/C19H21F4N3O/c1-2-3-12-9-25-18(26-10-12)14-8-16(20)17(24-11-14)13-4-6-15(7-5-13)27-19(21,22)23/h4-8,11-12,18,25-26H,2-3,9-10H2,1H3. The number of alkyl halides is 3. The third-order valence-corrected chi connectivity index (χ3v) is 4.48. The Bertz CT molecular complexity index is 757. The molecule has 0 atom stereocenters. The van der Waals surface area contributed by atoms with Crippen molar-refractivity contribution in [1.29, 1.82) is 0 Å². The number of nitrogens with one attached hydrogen (secondary N) is 2. The van der Waals surface area contributed by atoms with E-state index in [-0.39, 0.29) is 17.6 Å². The molecule has 2 aromatic rings. The lowest BCUT2D eigenvalue weighted by Crippen LogP contribution is -2.46. The quantitative estimate of drug-likeness (QED) is 0.752. The van der Waals surface area contributed by atoms with Gasteiger partial charge >= 0.3 is 6.36 Å². The number of halogens is 4. The summed E-state index contributed by atoms with van der Waals surface area (Å²) in [6.07, 6.45) is -1.11. The van der Waals surface area contributed by atoms with Crippen molar-refractivity contribution in [3.05, 3.63) is 47.9 Å². The fourth-order valence-electron chi connectivity index (χ4n) is 3.20. The number of aromatic nitrogens is 1. The van der Waals surface area contributed by atoms with Gasteiger partial charge in [-0.1, -0.05) is 13.3 Å². The average molecular weight is 383 g/mol. The van der Waals surface area contributed by atoms with Crippen molar-refractivity contribution < 1.29 is 22.3 Å². The molecule has 0 spiro atoms. The Morgan fingerprint density at radius 3 is 2.37 bits per heavy atom. The molecule has 0 aliphatic carbocycles. The van der Waals surface area contributed by atoms with Crippen LogP contribution >= 0.6 is 0 Å². The molecule has 0 bridgehead atoms. The normalized spacial score (nSPS) is 20.5. The van der Waals surface area contributed by atoms with E-state index in [4.69, 9.17) is 0 Å². The fraction of sp³-hybridized carbons (Fsp3) is 0.421. The van der Waals surface area contributed by atoms with Gasteiger partial charge in [-0.2, -0.15) is 0 Å². The van der Waals surface area contributed by atoms with Gasteiger partial charge in [0, 0.05) is 30.4 Å². The van der Waals surface area contributed by atoms with Crippen LogP contribution in [0.15, 0.2) is 36.5 Å². The van der Waals surface area contributed by atoms with Crippen molar-refractivity contribution in [3.8, 4) is 17.0 Å². The predicted octanol–water partition coefficient (Wildman–Crippen LogP) is 4.39. The average Bonchev–Trinajstić information content (AvgIpc) is 2.62. The predicted molar refractivity (Wildman–Crippen MR) is 93.5 cm³/mol. The van der Waals surface area contributed by atoms with Crippen molar-refractivity contribution in [3.63, 3.8) is 0 Å². The van der Waals surface area contributed by atoms with Gasteiger partial charge in [-0.05, 0) is 42.7 Å². The van der Waals surface area contributed by atoms with Gasteiger partial charge in [-0.15, -0.1) is 13.2 Å². The molecule has 3 rings (SSSR count). The van der Waals surface area contributed by atoms with Gasteiger partial charge in [-0.3, -0.25) is 15.6 Å². The van der Waals surface area contributed by atoms with E-state index in [1.165, 1.54) is 18.2 Å². The summed E-state index contributed by atoms with van der Waals surface area (Å²) in [4.78, 5) is 4.17. The van der Waals surface area contributed by atoms with E-state index in [1.807, 2.05) is 0 Å². The lowest BCUT2D eigenvalue weighted by Gasteiger charge is -2.31. The maximum atomic E-state index is 14.5. The van der Waals surface area contributed by atoms with Gasteiger partial charge in [-0.25, -0.2) is 4.39 Å².